The molecule has 1 saturated carbocycles. The van der Waals surface area contributed by atoms with Gasteiger partial charge in [-0.1, -0.05) is 12.1 Å². The summed E-state index contributed by atoms with van der Waals surface area (Å²) in [6, 6.07) is 10.3. The maximum absolute atomic E-state index is 12.9. The molecule has 5 nitrogen and oxygen atoms in total. The molecular weight excluding hydrogens is 320 g/mol. The molecule has 1 fully saturated rings. The molecule has 2 heterocycles. The Morgan fingerprint density at radius 3 is 2.67 bits per heavy atom. The lowest BCUT2D eigenvalue weighted by Crippen LogP contribution is -2.32. The SMILES string of the molecule is O=C(c1ccc(Cn2cncn2)cc1)N(Cc1ccsc1)C1CC1. The number of nitrogens with zero attached hydrogens (tertiary/aromatic N) is 4. The van der Waals surface area contributed by atoms with Gasteiger partial charge in [-0.3, -0.25) is 4.79 Å². The van der Waals surface area contributed by atoms with E-state index in [0.717, 1.165) is 24.0 Å². The summed E-state index contributed by atoms with van der Waals surface area (Å²) in [4.78, 5) is 18.8. The molecule has 1 aromatic carbocycles. The van der Waals surface area contributed by atoms with Crippen LogP contribution in [0.4, 0.5) is 0 Å². The first kappa shape index (κ1) is 15.1. The summed E-state index contributed by atoms with van der Waals surface area (Å²) in [5, 5.41) is 8.28. The van der Waals surface area contributed by atoms with Crippen molar-refractivity contribution < 1.29 is 4.79 Å². The Bertz CT molecular complexity index is 792. The van der Waals surface area contributed by atoms with Gasteiger partial charge in [-0.2, -0.15) is 16.4 Å². The van der Waals surface area contributed by atoms with Crippen LogP contribution in [0.2, 0.25) is 0 Å². The number of thiophene rings is 1. The molecule has 0 spiro atoms. The predicted octanol–water partition coefficient (Wildman–Crippen LogP) is 3.19. The molecule has 0 unspecified atom stereocenters. The molecule has 0 atom stereocenters. The average Bonchev–Trinajstić information content (AvgIpc) is 3.08. The fourth-order valence-corrected chi connectivity index (χ4v) is 3.41. The molecule has 2 aromatic heterocycles. The average molecular weight is 338 g/mol. The van der Waals surface area contributed by atoms with Crippen LogP contribution in [-0.2, 0) is 13.1 Å². The molecule has 122 valence electrons. The van der Waals surface area contributed by atoms with Crippen molar-refractivity contribution in [1.82, 2.24) is 19.7 Å². The highest BCUT2D eigenvalue weighted by atomic mass is 32.1. The molecule has 0 radical (unpaired) electrons. The van der Waals surface area contributed by atoms with E-state index in [9.17, 15) is 4.79 Å². The number of amides is 1. The zero-order valence-corrected chi connectivity index (χ0v) is 14.0. The maximum atomic E-state index is 12.9. The number of hydrogen-bond donors (Lipinski definition) is 0. The fraction of sp³-hybridized carbons (Fsp3) is 0.278. The van der Waals surface area contributed by atoms with Gasteiger partial charge in [-0.05, 0) is 52.9 Å². The highest BCUT2D eigenvalue weighted by molar-refractivity contribution is 7.07. The molecule has 0 N–H and O–H groups in total. The van der Waals surface area contributed by atoms with Gasteiger partial charge >= 0.3 is 0 Å². The number of rotatable bonds is 6. The smallest absolute Gasteiger partial charge is 0.254 e. The number of carbonyl (C=O) groups excluding carboxylic acids is 1. The molecule has 4 rings (SSSR count). The third-order valence-corrected chi connectivity index (χ3v) is 4.93. The van der Waals surface area contributed by atoms with Gasteiger partial charge < -0.3 is 4.90 Å². The van der Waals surface area contributed by atoms with E-state index in [0.29, 0.717) is 19.1 Å². The van der Waals surface area contributed by atoms with Crippen molar-refractivity contribution in [2.45, 2.75) is 32.0 Å². The quantitative estimate of drug-likeness (QED) is 0.693. The van der Waals surface area contributed by atoms with Crippen LogP contribution in [0.3, 0.4) is 0 Å². The lowest BCUT2D eigenvalue weighted by molar-refractivity contribution is 0.0730. The Hall–Kier alpha value is -2.47. The van der Waals surface area contributed by atoms with Crippen LogP contribution in [0.5, 0.6) is 0 Å². The predicted molar refractivity (Wildman–Crippen MR) is 92.8 cm³/mol. The van der Waals surface area contributed by atoms with Gasteiger partial charge in [0.05, 0.1) is 6.54 Å². The molecule has 1 aliphatic carbocycles. The summed E-state index contributed by atoms with van der Waals surface area (Å²) in [6.45, 7) is 1.36. The van der Waals surface area contributed by atoms with E-state index in [1.165, 1.54) is 11.9 Å². The van der Waals surface area contributed by atoms with Crippen LogP contribution in [0.1, 0.15) is 34.3 Å². The van der Waals surface area contributed by atoms with E-state index in [1.54, 1.807) is 22.3 Å². The van der Waals surface area contributed by atoms with Crippen molar-refractivity contribution in [2.75, 3.05) is 0 Å². The lowest BCUT2D eigenvalue weighted by Gasteiger charge is -2.22. The molecular formula is C18H18N4OS. The highest BCUT2D eigenvalue weighted by Gasteiger charge is 2.33. The number of carbonyl (C=O) groups is 1. The second-order valence-corrected chi connectivity index (χ2v) is 6.87. The maximum Gasteiger partial charge on any atom is 0.254 e. The zero-order valence-electron chi connectivity index (χ0n) is 13.2. The zero-order chi connectivity index (χ0) is 16.4. The largest absolute Gasteiger partial charge is 0.331 e. The van der Waals surface area contributed by atoms with E-state index in [2.05, 4.69) is 26.9 Å². The first-order valence-electron chi connectivity index (χ1n) is 8.03. The Labute approximate surface area is 144 Å². The van der Waals surface area contributed by atoms with Crippen molar-refractivity contribution in [3.05, 3.63) is 70.4 Å². The van der Waals surface area contributed by atoms with Crippen LogP contribution >= 0.6 is 11.3 Å². The summed E-state index contributed by atoms with van der Waals surface area (Å²) in [7, 11) is 0. The molecule has 0 aliphatic heterocycles. The summed E-state index contributed by atoms with van der Waals surface area (Å²) in [6.07, 6.45) is 5.44. The summed E-state index contributed by atoms with van der Waals surface area (Å²) >= 11 is 1.67. The highest BCUT2D eigenvalue weighted by Crippen LogP contribution is 2.30. The first-order chi connectivity index (χ1) is 11.8. The van der Waals surface area contributed by atoms with Crippen molar-refractivity contribution in [1.29, 1.82) is 0 Å². The van der Waals surface area contributed by atoms with Crippen molar-refractivity contribution in [3.63, 3.8) is 0 Å². The van der Waals surface area contributed by atoms with Gasteiger partial charge in [0.1, 0.15) is 12.7 Å². The molecule has 1 aliphatic rings. The summed E-state index contributed by atoms with van der Waals surface area (Å²) in [5.74, 6) is 0.121. The van der Waals surface area contributed by atoms with Gasteiger partial charge in [0.2, 0.25) is 0 Å². The fourth-order valence-electron chi connectivity index (χ4n) is 2.75. The number of benzene rings is 1. The molecule has 24 heavy (non-hydrogen) atoms. The van der Waals surface area contributed by atoms with E-state index < -0.39 is 0 Å². The first-order valence-corrected chi connectivity index (χ1v) is 8.97. The van der Waals surface area contributed by atoms with Crippen LogP contribution in [0.25, 0.3) is 0 Å². The molecule has 0 bridgehead atoms. The van der Waals surface area contributed by atoms with Crippen molar-refractivity contribution in [2.24, 2.45) is 0 Å². The monoisotopic (exact) mass is 338 g/mol. The topological polar surface area (TPSA) is 51.0 Å². The summed E-state index contributed by atoms with van der Waals surface area (Å²) < 4.78 is 1.77. The van der Waals surface area contributed by atoms with Gasteiger partial charge in [0.15, 0.2) is 0 Å². The van der Waals surface area contributed by atoms with Crippen molar-refractivity contribution in [3.8, 4) is 0 Å². The minimum atomic E-state index is 0.121. The molecule has 1 amide bonds. The second kappa shape index (κ2) is 6.57. The third kappa shape index (κ3) is 3.38. The molecule has 3 aromatic rings. The Morgan fingerprint density at radius 2 is 2.04 bits per heavy atom. The Morgan fingerprint density at radius 1 is 1.21 bits per heavy atom. The second-order valence-electron chi connectivity index (χ2n) is 6.09. The van der Waals surface area contributed by atoms with Crippen LogP contribution in [0, 0.1) is 0 Å². The van der Waals surface area contributed by atoms with E-state index in [1.807, 2.05) is 29.2 Å². The van der Waals surface area contributed by atoms with Gasteiger partial charge in [0, 0.05) is 18.2 Å². The van der Waals surface area contributed by atoms with Crippen LogP contribution in [0.15, 0.2) is 53.7 Å². The van der Waals surface area contributed by atoms with Gasteiger partial charge in [0.25, 0.3) is 5.91 Å². The normalized spacial score (nSPS) is 13.8. The van der Waals surface area contributed by atoms with E-state index in [4.69, 9.17) is 0 Å². The Kier molecular flexibility index (Phi) is 4.13. The summed E-state index contributed by atoms with van der Waals surface area (Å²) in [5.41, 5.74) is 3.07. The van der Waals surface area contributed by atoms with E-state index in [-0.39, 0.29) is 5.91 Å². The molecule has 6 heteroatoms. The number of aromatic nitrogens is 3. The van der Waals surface area contributed by atoms with Crippen LogP contribution < -0.4 is 0 Å². The van der Waals surface area contributed by atoms with E-state index >= 15 is 0 Å². The Balaban J connectivity index is 1.48. The third-order valence-electron chi connectivity index (χ3n) is 4.19. The standard InChI is InChI=1S/C18H18N4OS/c23-18(22(17-5-6-17)10-15-7-8-24-11-15)16-3-1-14(2-4-16)9-21-13-19-12-20-21/h1-4,7-8,11-13,17H,5-6,9-10H2. The van der Waals surface area contributed by atoms with Gasteiger partial charge in [-0.15, -0.1) is 0 Å². The van der Waals surface area contributed by atoms with Crippen molar-refractivity contribution >= 4 is 17.2 Å². The van der Waals surface area contributed by atoms with Gasteiger partial charge in [-0.25, -0.2) is 9.67 Å². The van der Waals surface area contributed by atoms with Crippen LogP contribution in [-0.4, -0.2) is 31.6 Å². The lowest BCUT2D eigenvalue weighted by atomic mass is 10.1. The minimum Gasteiger partial charge on any atom is -0.331 e. The molecule has 0 saturated heterocycles. The minimum absolute atomic E-state index is 0.121. The number of hydrogen-bond acceptors (Lipinski definition) is 4.